The minimum atomic E-state index is 0.682. The number of benzene rings is 1. The molecule has 0 aliphatic carbocycles. The van der Waals surface area contributed by atoms with E-state index in [4.69, 9.17) is 0 Å². The zero-order valence-corrected chi connectivity index (χ0v) is 11.9. The molecule has 0 saturated carbocycles. The average Bonchev–Trinajstić information content (AvgIpc) is 2.37. The Balaban J connectivity index is 2.18. The van der Waals surface area contributed by atoms with Crippen molar-refractivity contribution in [1.82, 2.24) is 10.2 Å². The van der Waals surface area contributed by atoms with Crippen LogP contribution in [0.3, 0.4) is 0 Å². The van der Waals surface area contributed by atoms with Gasteiger partial charge in [-0.25, -0.2) is 0 Å². The molecule has 1 aliphatic rings. The molecule has 1 aliphatic heterocycles. The van der Waals surface area contributed by atoms with Gasteiger partial charge in [0.05, 0.1) is 0 Å². The Labute approximate surface area is 111 Å². The fraction of sp³-hybridized carbons (Fsp3) is 0.625. The van der Waals surface area contributed by atoms with E-state index >= 15 is 0 Å². The maximum atomic E-state index is 3.47. The molecule has 1 N–H and O–H groups in total. The van der Waals surface area contributed by atoms with Gasteiger partial charge in [-0.15, -0.1) is 0 Å². The van der Waals surface area contributed by atoms with Crippen molar-refractivity contribution in [2.45, 2.75) is 25.7 Å². The molecule has 1 aromatic rings. The fourth-order valence-electron chi connectivity index (χ4n) is 3.07. The van der Waals surface area contributed by atoms with E-state index in [0.717, 1.165) is 12.5 Å². The molecular weight excluding hydrogens is 220 g/mol. The zero-order chi connectivity index (χ0) is 13.0. The van der Waals surface area contributed by atoms with Crippen LogP contribution in [0.5, 0.6) is 0 Å². The molecule has 1 fully saturated rings. The lowest BCUT2D eigenvalue weighted by molar-refractivity contribution is 0.261. The van der Waals surface area contributed by atoms with Gasteiger partial charge in [0.15, 0.2) is 0 Å². The van der Waals surface area contributed by atoms with E-state index in [-0.39, 0.29) is 0 Å². The van der Waals surface area contributed by atoms with Gasteiger partial charge in [0.2, 0.25) is 0 Å². The molecule has 2 heteroatoms. The Morgan fingerprint density at radius 2 is 2.00 bits per heavy atom. The number of hydrogen-bond donors (Lipinski definition) is 1. The minimum absolute atomic E-state index is 0.682. The van der Waals surface area contributed by atoms with Crippen LogP contribution in [0.25, 0.3) is 0 Å². The van der Waals surface area contributed by atoms with E-state index in [0.29, 0.717) is 5.92 Å². The lowest BCUT2D eigenvalue weighted by atomic mass is 9.80. The summed E-state index contributed by atoms with van der Waals surface area (Å²) in [4.78, 5) is 2.33. The monoisotopic (exact) mass is 246 g/mol. The molecule has 18 heavy (non-hydrogen) atoms. The minimum Gasteiger partial charge on any atom is -0.317 e. The number of nitrogens with one attached hydrogen (secondary N) is 1. The van der Waals surface area contributed by atoms with Crippen LogP contribution in [0.4, 0.5) is 0 Å². The van der Waals surface area contributed by atoms with Crippen LogP contribution in [0, 0.1) is 12.8 Å². The maximum Gasteiger partial charge on any atom is 0.00469 e. The van der Waals surface area contributed by atoms with Gasteiger partial charge in [-0.3, -0.25) is 0 Å². The highest BCUT2D eigenvalue weighted by atomic mass is 15.1. The lowest BCUT2D eigenvalue weighted by Gasteiger charge is -2.33. The summed E-state index contributed by atoms with van der Waals surface area (Å²) in [6.07, 6.45) is 2.62. The van der Waals surface area contributed by atoms with Crippen molar-refractivity contribution in [3.63, 3.8) is 0 Å². The third-order valence-electron chi connectivity index (χ3n) is 3.98. The maximum absolute atomic E-state index is 3.47. The highest BCUT2D eigenvalue weighted by Crippen LogP contribution is 2.31. The Morgan fingerprint density at radius 1 is 1.28 bits per heavy atom. The van der Waals surface area contributed by atoms with Gasteiger partial charge in [-0.05, 0) is 64.3 Å². The van der Waals surface area contributed by atoms with E-state index in [2.05, 4.69) is 55.5 Å². The predicted molar refractivity (Wildman–Crippen MR) is 78.1 cm³/mol. The molecule has 2 nitrogen and oxygen atoms in total. The average molecular weight is 246 g/mol. The first kappa shape index (κ1) is 13.6. The second kappa shape index (κ2) is 6.35. The van der Waals surface area contributed by atoms with Crippen LogP contribution in [-0.2, 0) is 0 Å². The van der Waals surface area contributed by atoms with Gasteiger partial charge in [-0.2, -0.15) is 0 Å². The topological polar surface area (TPSA) is 15.3 Å². The fourth-order valence-corrected chi connectivity index (χ4v) is 3.07. The van der Waals surface area contributed by atoms with Crippen molar-refractivity contribution in [3.8, 4) is 0 Å². The van der Waals surface area contributed by atoms with Crippen molar-refractivity contribution in [3.05, 3.63) is 35.4 Å². The van der Waals surface area contributed by atoms with Crippen molar-refractivity contribution in [1.29, 1.82) is 0 Å². The number of rotatable bonds is 4. The van der Waals surface area contributed by atoms with Crippen LogP contribution >= 0.6 is 0 Å². The number of piperidine rings is 1. The number of nitrogens with zero attached hydrogens (tertiary/aromatic N) is 1. The summed E-state index contributed by atoms with van der Waals surface area (Å²) >= 11 is 0. The second-order valence-electron chi connectivity index (χ2n) is 5.87. The molecular formula is C16H26N2. The number of likely N-dealkylation sites (N-methyl/N-ethyl adjacent to an activating group) is 1. The van der Waals surface area contributed by atoms with Gasteiger partial charge in [0.25, 0.3) is 0 Å². The highest BCUT2D eigenvalue weighted by Gasteiger charge is 2.25. The summed E-state index contributed by atoms with van der Waals surface area (Å²) in [5, 5.41) is 3.47. The van der Waals surface area contributed by atoms with Gasteiger partial charge < -0.3 is 10.2 Å². The summed E-state index contributed by atoms with van der Waals surface area (Å²) in [5.74, 6) is 1.51. The molecule has 1 heterocycles. The van der Waals surface area contributed by atoms with Crippen LogP contribution in [0.15, 0.2) is 24.3 Å². The molecule has 1 aromatic carbocycles. The zero-order valence-electron chi connectivity index (χ0n) is 11.9. The standard InChI is InChI=1S/C16H26N2/c1-13-5-4-6-15(11-13)16(12-18(2)3)14-7-9-17-10-8-14/h4-6,11,14,16-17H,7-10,12H2,1-3H3. The molecule has 2 rings (SSSR count). The third-order valence-corrected chi connectivity index (χ3v) is 3.98. The largest absolute Gasteiger partial charge is 0.317 e. The number of aryl methyl sites for hydroxylation is 1. The molecule has 0 amide bonds. The van der Waals surface area contributed by atoms with Gasteiger partial charge in [0, 0.05) is 6.54 Å². The molecule has 0 spiro atoms. The first-order chi connectivity index (χ1) is 8.66. The third kappa shape index (κ3) is 3.56. The molecule has 1 atom stereocenters. The van der Waals surface area contributed by atoms with Crippen LogP contribution < -0.4 is 5.32 Å². The quantitative estimate of drug-likeness (QED) is 0.878. The smallest absolute Gasteiger partial charge is 0.00469 e. The summed E-state index contributed by atoms with van der Waals surface area (Å²) < 4.78 is 0. The van der Waals surface area contributed by atoms with Crippen molar-refractivity contribution in [2.75, 3.05) is 33.7 Å². The van der Waals surface area contributed by atoms with E-state index in [1.54, 1.807) is 0 Å². The summed E-state index contributed by atoms with van der Waals surface area (Å²) in [6.45, 7) is 5.72. The van der Waals surface area contributed by atoms with E-state index in [9.17, 15) is 0 Å². The van der Waals surface area contributed by atoms with Crippen molar-refractivity contribution < 1.29 is 0 Å². The molecule has 1 saturated heterocycles. The molecule has 0 bridgehead atoms. The Bertz CT molecular complexity index is 367. The Kier molecular flexibility index (Phi) is 4.79. The van der Waals surface area contributed by atoms with Gasteiger partial charge >= 0.3 is 0 Å². The second-order valence-corrected chi connectivity index (χ2v) is 5.87. The van der Waals surface area contributed by atoms with E-state index in [1.807, 2.05) is 0 Å². The van der Waals surface area contributed by atoms with Gasteiger partial charge in [-0.1, -0.05) is 29.8 Å². The Morgan fingerprint density at radius 3 is 2.61 bits per heavy atom. The molecule has 100 valence electrons. The summed E-state index contributed by atoms with van der Waals surface area (Å²) in [7, 11) is 4.37. The van der Waals surface area contributed by atoms with E-state index < -0.39 is 0 Å². The molecule has 1 unspecified atom stereocenters. The van der Waals surface area contributed by atoms with Crippen molar-refractivity contribution in [2.24, 2.45) is 5.92 Å². The van der Waals surface area contributed by atoms with Crippen LogP contribution in [-0.4, -0.2) is 38.6 Å². The van der Waals surface area contributed by atoms with E-state index in [1.165, 1.54) is 37.1 Å². The number of hydrogen-bond acceptors (Lipinski definition) is 2. The lowest BCUT2D eigenvalue weighted by Crippen LogP contribution is -2.34. The first-order valence-electron chi connectivity index (χ1n) is 7.09. The van der Waals surface area contributed by atoms with Crippen molar-refractivity contribution >= 4 is 0 Å². The predicted octanol–water partition coefficient (Wildman–Crippen LogP) is 2.64. The van der Waals surface area contributed by atoms with Crippen LogP contribution in [0.2, 0.25) is 0 Å². The summed E-state index contributed by atoms with van der Waals surface area (Å²) in [6, 6.07) is 9.08. The summed E-state index contributed by atoms with van der Waals surface area (Å²) in [5.41, 5.74) is 2.90. The highest BCUT2D eigenvalue weighted by molar-refractivity contribution is 5.26. The molecule has 0 aromatic heterocycles. The SMILES string of the molecule is Cc1cccc(C(CN(C)C)C2CCNCC2)c1. The first-order valence-corrected chi connectivity index (χ1v) is 7.09. The normalized spacial score (nSPS) is 19.1. The van der Waals surface area contributed by atoms with Crippen LogP contribution in [0.1, 0.15) is 29.9 Å². The van der Waals surface area contributed by atoms with Gasteiger partial charge in [0.1, 0.15) is 0 Å². The Hall–Kier alpha value is -0.860. The molecule has 0 radical (unpaired) electrons.